The molecule has 4 aromatic heterocycles. The Morgan fingerprint density at radius 3 is 2.59 bits per heavy atom. The Balaban J connectivity index is 1.39. The highest BCUT2D eigenvalue weighted by Crippen LogP contribution is 2.26. The van der Waals surface area contributed by atoms with Crippen molar-refractivity contribution < 1.29 is 4.79 Å². The molecule has 0 radical (unpaired) electrons. The lowest BCUT2D eigenvalue weighted by molar-refractivity contribution is 0.102. The zero-order valence-electron chi connectivity index (χ0n) is 15.5. The van der Waals surface area contributed by atoms with Crippen LogP contribution in [0.1, 0.15) is 28.9 Å². The molecule has 4 rings (SSSR count). The van der Waals surface area contributed by atoms with Gasteiger partial charge in [-0.15, -0.1) is 10.2 Å². The van der Waals surface area contributed by atoms with E-state index in [0.717, 1.165) is 11.1 Å². The molecule has 2 N–H and O–H groups in total. The van der Waals surface area contributed by atoms with Crippen LogP contribution in [0.2, 0.25) is 0 Å². The van der Waals surface area contributed by atoms with Gasteiger partial charge in [0.1, 0.15) is 10.8 Å². The third-order valence-corrected chi connectivity index (χ3v) is 5.03. The Morgan fingerprint density at radius 1 is 1.00 bits per heavy atom. The van der Waals surface area contributed by atoms with E-state index in [0.29, 0.717) is 21.5 Å². The van der Waals surface area contributed by atoms with Crippen LogP contribution in [0.4, 0.5) is 10.9 Å². The van der Waals surface area contributed by atoms with Gasteiger partial charge in [-0.25, -0.2) is 4.98 Å². The maximum Gasteiger partial charge on any atom is 0.259 e. The van der Waals surface area contributed by atoms with Gasteiger partial charge in [0.2, 0.25) is 5.13 Å². The van der Waals surface area contributed by atoms with E-state index in [1.54, 1.807) is 30.7 Å². The minimum absolute atomic E-state index is 0.0453. The van der Waals surface area contributed by atoms with E-state index >= 15 is 0 Å². The summed E-state index contributed by atoms with van der Waals surface area (Å²) in [5, 5.41) is 15.3. The third-order valence-electron chi connectivity index (χ3n) is 4.15. The summed E-state index contributed by atoms with van der Waals surface area (Å²) in [4.78, 5) is 24.9. The molecule has 0 spiro atoms. The van der Waals surface area contributed by atoms with Gasteiger partial charge >= 0.3 is 0 Å². The molecule has 0 aromatic carbocycles. The van der Waals surface area contributed by atoms with Crippen LogP contribution in [0.15, 0.2) is 67.4 Å². The maximum absolute atomic E-state index is 12.5. The van der Waals surface area contributed by atoms with Gasteiger partial charge < -0.3 is 5.32 Å². The van der Waals surface area contributed by atoms with E-state index in [1.807, 2.05) is 37.4 Å². The Hall–Kier alpha value is -3.72. The summed E-state index contributed by atoms with van der Waals surface area (Å²) in [6, 6.07) is 11.1. The van der Waals surface area contributed by atoms with Gasteiger partial charge in [0.25, 0.3) is 5.91 Å². The number of anilines is 2. The number of hydrogen-bond donors (Lipinski definition) is 2. The van der Waals surface area contributed by atoms with Gasteiger partial charge in [-0.1, -0.05) is 17.4 Å². The molecule has 0 aliphatic heterocycles. The van der Waals surface area contributed by atoms with Crippen LogP contribution in [-0.4, -0.2) is 31.1 Å². The fourth-order valence-electron chi connectivity index (χ4n) is 2.61. The van der Waals surface area contributed by atoms with E-state index in [4.69, 9.17) is 0 Å². The predicted octanol–water partition coefficient (Wildman–Crippen LogP) is 3.82. The molecule has 1 atom stereocenters. The molecular weight excluding hydrogens is 386 g/mol. The average Bonchev–Trinajstić information content (AvgIpc) is 3.24. The van der Waals surface area contributed by atoms with E-state index in [2.05, 4.69) is 35.8 Å². The van der Waals surface area contributed by atoms with Crippen LogP contribution in [0.25, 0.3) is 10.6 Å². The number of nitrogens with zero attached hydrogens (tertiary/aromatic N) is 5. The first-order valence-corrected chi connectivity index (χ1v) is 9.68. The fourth-order valence-corrected chi connectivity index (χ4v) is 3.35. The molecule has 0 aliphatic rings. The maximum atomic E-state index is 12.5. The summed E-state index contributed by atoms with van der Waals surface area (Å²) >= 11 is 1.30. The van der Waals surface area contributed by atoms with Gasteiger partial charge in [-0.05, 0) is 42.8 Å². The number of rotatable bonds is 6. The van der Waals surface area contributed by atoms with Crippen LogP contribution in [0.5, 0.6) is 0 Å². The average molecular weight is 403 g/mol. The van der Waals surface area contributed by atoms with Crippen molar-refractivity contribution in [2.75, 3.05) is 10.6 Å². The first-order chi connectivity index (χ1) is 14.2. The molecule has 4 heterocycles. The van der Waals surface area contributed by atoms with Crippen LogP contribution in [-0.2, 0) is 0 Å². The molecular formula is C20H17N7OS. The Kier molecular flexibility index (Phi) is 5.48. The molecule has 0 aliphatic carbocycles. The van der Waals surface area contributed by atoms with Gasteiger partial charge in [-0.2, -0.15) is 0 Å². The van der Waals surface area contributed by atoms with E-state index in [9.17, 15) is 4.79 Å². The Bertz CT molecular complexity index is 1080. The summed E-state index contributed by atoms with van der Waals surface area (Å²) in [6.07, 6.45) is 8.44. The van der Waals surface area contributed by atoms with E-state index < -0.39 is 0 Å². The van der Waals surface area contributed by atoms with Crippen LogP contribution < -0.4 is 10.6 Å². The zero-order chi connectivity index (χ0) is 20.1. The lowest BCUT2D eigenvalue weighted by Crippen LogP contribution is -2.13. The minimum Gasteiger partial charge on any atom is -0.363 e. The highest BCUT2D eigenvalue weighted by Gasteiger charge is 2.12. The third kappa shape index (κ3) is 4.58. The van der Waals surface area contributed by atoms with Crippen LogP contribution >= 0.6 is 11.3 Å². The molecule has 0 saturated heterocycles. The molecule has 29 heavy (non-hydrogen) atoms. The lowest BCUT2D eigenvalue weighted by Gasteiger charge is -2.14. The van der Waals surface area contributed by atoms with Crippen molar-refractivity contribution in [3.05, 3.63) is 78.5 Å². The van der Waals surface area contributed by atoms with Gasteiger partial charge in [0.05, 0.1) is 11.6 Å². The molecule has 0 saturated carbocycles. The van der Waals surface area contributed by atoms with Crippen molar-refractivity contribution in [1.29, 1.82) is 0 Å². The standard InChI is InChI=1S/C20H17N7OS/c1-13(15-3-2-8-22-11-15)24-17-5-4-16(12-23-17)18(28)25-20-27-26-19(29-20)14-6-9-21-10-7-14/h2-13H,1H3,(H,23,24)(H,25,27,28). The van der Waals surface area contributed by atoms with Crippen molar-refractivity contribution in [1.82, 2.24) is 25.1 Å². The van der Waals surface area contributed by atoms with Gasteiger partial charge in [0.15, 0.2) is 0 Å². The molecule has 144 valence electrons. The molecule has 1 unspecified atom stereocenters. The smallest absolute Gasteiger partial charge is 0.259 e. The Morgan fingerprint density at radius 2 is 1.86 bits per heavy atom. The summed E-state index contributed by atoms with van der Waals surface area (Å²) in [6.45, 7) is 2.02. The van der Waals surface area contributed by atoms with Crippen LogP contribution in [0.3, 0.4) is 0 Å². The highest BCUT2D eigenvalue weighted by atomic mass is 32.1. The molecule has 1 amide bonds. The highest BCUT2D eigenvalue weighted by molar-refractivity contribution is 7.18. The summed E-state index contributed by atoms with van der Waals surface area (Å²) < 4.78 is 0. The summed E-state index contributed by atoms with van der Waals surface area (Å²) in [7, 11) is 0. The minimum atomic E-state index is -0.290. The van der Waals surface area contributed by atoms with Crippen LogP contribution in [0, 0.1) is 0 Å². The SMILES string of the molecule is CC(Nc1ccc(C(=O)Nc2nnc(-c3ccncc3)s2)cn1)c1cccnc1. The normalized spacial score (nSPS) is 11.6. The molecule has 4 aromatic rings. The lowest BCUT2D eigenvalue weighted by atomic mass is 10.1. The number of nitrogens with one attached hydrogen (secondary N) is 2. The molecule has 0 bridgehead atoms. The van der Waals surface area contributed by atoms with Gasteiger partial charge in [0, 0.05) is 36.5 Å². The topological polar surface area (TPSA) is 106 Å². The second-order valence-corrected chi connectivity index (χ2v) is 7.16. The van der Waals surface area contributed by atoms with Crippen molar-refractivity contribution in [2.45, 2.75) is 13.0 Å². The monoisotopic (exact) mass is 403 g/mol. The quantitative estimate of drug-likeness (QED) is 0.504. The fraction of sp³-hybridized carbons (Fsp3) is 0.100. The van der Waals surface area contributed by atoms with Crippen molar-refractivity contribution >= 4 is 28.2 Å². The van der Waals surface area contributed by atoms with E-state index in [1.165, 1.54) is 17.5 Å². The van der Waals surface area contributed by atoms with Crippen molar-refractivity contribution in [3.63, 3.8) is 0 Å². The number of pyridine rings is 3. The summed E-state index contributed by atoms with van der Waals surface area (Å²) in [5.74, 6) is 0.385. The van der Waals surface area contributed by atoms with Crippen molar-refractivity contribution in [2.24, 2.45) is 0 Å². The molecule has 0 fully saturated rings. The second kappa shape index (κ2) is 8.53. The number of aromatic nitrogens is 5. The second-order valence-electron chi connectivity index (χ2n) is 6.19. The largest absolute Gasteiger partial charge is 0.363 e. The van der Waals surface area contributed by atoms with Gasteiger partial charge in [-0.3, -0.25) is 20.1 Å². The zero-order valence-corrected chi connectivity index (χ0v) is 16.3. The first kappa shape index (κ1) is 18.6. The summed E-state index contributed by atoms with van der Waals surface area (Å²) in [5.41, 5.74) is 2.39. The number of carbonyl (C=O) groups excluding carboxylic acids is 1. The van der Waals surface area contributed by atoms with Crippen molar-refractivity contribution in [3.8, 4) is 10.6 Å². The molecule has 8 nitrogen and oxygen atoms in total. The predicted molar refractivity (Wildman–Crippen MR) is 112 cm³/mol. The number of hydrogen-bond acceptors (Lipinski definition) is 8. The number of amides is 1. The molecule has 9 heteroatoms. The number of carbonyl (C=O) groups is 1. The first-order valence-electron chi connectivity index (χ1n) is 8.87. The Labute approximate surface area is 171 Å². The van der Waals surface area contributed by atoms with E-state index in [-0.39, 0.29) is 11.9 Å².